The van der Waals surface area contributed by atoms with Gasteiger partial charge in [0.15, 0.2) is 5.82 Å². The molecule has 1 atom stereocenters. The summed E-state index contributed by atoms with van der Waals surface area (Å²) in [6.07, 6.45) is 5.98. The van der Waals surface area contributed by atoms with Crippen molar-refractivity contribution < 1.29 is 18.6 Å². The lowest BCUT2D eigenvalue weighted by Crippen LogP contribution is -2.31. The molecular formula is C29H28N8O5S. The van der Waals surface area contributed by atoms with Crippen molar-refractivity contribution in [3.05, 3.63) is 95.1 Å². The number of aliphatic hydroxyl groups is 1. The van der Waals surface area contributed by atoms with Crippen molar-refractivity contribution >= 4 is 38.1 Å². The number of para-hydroxylation sites is 1. The van der Waals surface area contributed by atoms with Crippen molar-refractivity contribution in [1.82, 2.24) is 29.1 Å². The largest absolute Gasteiger partial charge is 0.508 e. The molecular weight excluding hydrogens is 572 g/mol. The Balaban J connectivity index is 1.51. The number of aliphatic hydroxyl groups excluding tert-OH is 1. The van der Waals surface area contributed by atoms with Crippen LogP contribution in [0.25, 0.3) is 33.4 Å². The molecule has 1 unspecified atom stereocenters. The van der Waals surface area contributed by atoms with E-state index in [2.05, 4.69) is 25.0 Å². The fourth-order valence-corrected chi connectivity index (χ4v) is 5.73. The van der Waals surface area contributed by atoms with Crippen molar-refractivity contribution in [2.75, 3.05) is 22.9 Å². The van der Waals surface area contributed by atoms with Gasteiger partial charge in [0.05, 0.1) is 29.1 Å². The van der Waals surface area contributed by atoms with E-state index in [1.54, 1.807) is 23.0 Å². The second-order valence-corrected chi connectivity index (χ2v) is 11.9. The van der Waals surface area contributed by atoms with Gasteiger partial charge in [-0.15, -0.1) is 0 Å². The van der Waals surface area contributed by atoms with E-state index in [0.29, 0.717) is 45.0 Å². The van der Waals surface area contributed by atoms with Crippen LogP contribution in [0.5, 0.6) is 5.75 Å². The highest BCUT2D eigenvalue weighted by Gasteiger charge is 2.25. The summed E-state index contributed by atoms with van der Waals surface area (Å²) in [6.45, 7) is 1.63. The van der Waals surface area contributed by atoms with Gasteiger partial charge in [-0.25, -0.2) is 22.9 Å². The lowest BCUT2D eigenvalue weighted by Gasteiger charge is -2.22. The molecule has 13 nitrogen and oxygen atoms in total. The number of aromatic hydroxyl groups is 1. The van der Waals surface area contributed by atoms with Gasteiger partial charge < -0.3 is 20.5 Å². The Labute approximate surface area is 245 Å². The number of nitrogens with zero attached hydrogens (tertiary/aromatic N) is 5. The maximum absolute atomic E-state index is 13.9. The van der Waals surface area contributed by atoms with Gasteiger partial charge in [0.25, 0.3) is 5.56 Å². The number of hydrogen-bond donors (Lipinski definition) is 5. The molecule has 0 aliphatic rings. The van der Waals surface area contributed by atoms with Gasteiger partial charge in [-0.1, -0.05) is 18.2 Å². The van der Waals surface area contributed by atoms with Crippen molar-refractivity contribution in [1.29, 1.82) is 0 Å². The predicted molar refractivity (Wildman–Crippen MR) is 163 cm³/mol. The van der Waals surface area contributed by atoms with E-state index in [1.165, 1.54) is 23.0 Å². The summed E-state index contributed by atoms with van der Waals surface area (Å²) < 4.78 is 29.2. The number of aromatic nitrogens is 6. The summed E-state index contributed by atoms with van der Waals surface area (Å²) in [4.78, 5) is 25.8. The number of fused-ring (bicyclic) bond motifs is 2. The van der Waals surface area contributed by atoms with Crippen LogP contribution in [0.15, 0.2) is 78.1 Å². The number of aryl methyl sites for hydroxylation is 1. The number of H-pyrrole nitrogens is 1. The van der Waals surface area contributed by atoms with Crippen molar-refractivity contribution in [3.63, 3.8) is 0 Å². The molecule has 2 aromatic carbocycles. The summed E-state index contributed by atoms with van der Waals surface area (Å²) in [5, 5.41) is 29.2. The molecule has 6 rings (SSSR count). The minimum Gasteiger partial charge on any atom is -0.508 e. The molecule has 0 aliphatic carbocycles. The first-order valence-electron chi connectivity index (χ1n) is 13.3. The number of phenolic OH excluding ortho intramolecular Hbond substituents is 1. The molecule has 0 bridgehead atoms. The fraction of sp³-hybridized carbons (Fsp3) is 0.172. The first-order valence-corrected chi connectivity index (χ1v) is 15.2. The zero-order valence-electron chi connectivity index (χ0n) is 23.2. The molecule has 43 heavy (non-hydrogen) atoms. The van der Waals surface area contributed by atoms with Crippen molar-refractivity contribution in [2.24, 2.45) is 0 Å². The molecule has 0 saturated heterocycles. The number of hydrogen-bond acceptors (Lipinski definition) is 9. The minimum absolute atomic E-state index is 0.145. The minimum atomic E-state index is -3.59. The van der Waals surface area contributed by atoms with E-state index in [0.717, 1.165) is 11.8 Å². The third-order valence-corrected chi connectivity index (χ3v) is 7.58. The Morgan fingerprint density at radius 1 is 1.09 bits per heavy atom. The lowest BCUT2D eigenvalue weighted by atomic mass is 10.0. The van der Waals surface area contributed by atoms with Crippen LogP contribution in [-0.2, 0) is 10.0 Å². The summed E-state index contributed by atoms with van der Waals surface area (Å²) >= 11 is 0. The van der Waals surface area contributed by atoms with Crippen LogP contribution in [0.3, 0.4) is 0 Å². The average Bonchev–Trinajstić information content (AvgIpc) is 3.56. The Bertz CT molecular complexity index is 2140. The quantitative estimate of drug-likeness (QED) is 0.166. The summed E-state index contributed by atoms with van der Waals surface area (Å²) in [7, 11) is -3.59. The monoisotopic (exact) mass is 600 g/mol. The molecule has 0 saturated carbocycles. The zero-order chi connectivity index (χ0) is 30.3. The Hall–Kier alpha value is -5.21. The first kappa shape index (κ1) is 27.9. The van der Waals surface area contributed by atoms with Gasteiger partial charge in [-0.3, -0.25) is 14.1 Å². The topological polar surface area (TPSA) is 180 Å². The second-order valence-electron chi connectivity index (χ2n) is 10.1. The molecule has 4 heterocycles. The smallest absolute Gasteiger partial charge is 0.282 e. The molecule has 0 radical (unpaired) electrons. The van der Waals surface area contributed by atoms with Crippen molar-refractivity contribution in [2.45, 2.75) is 19.4 Å². The summed E-state index contributed by atoms with van der Waals surface area (Å²) in [5.74, 6) is 0.585. The van der Waals surface area contributed by atoms with Crippen molar-refractivity contribution in [3.8, 4) is 22.6 Å². The lowest BCUT2D eigenvalue weighted by molar-refractivity contribution is 0.277. The van der Waals surface area contributed by atoms with Gasteiger partial charge >= 0.3 is 0 Å². The Morgan fingerprint density at radius 3 is 2.63 bits per heavy atom. The summed E-state index contributed by atoms with van der Waals surface area (Å²) in [5.41, 5.74) is 3.31. The highest BCUT2D eigenvalue weighted by Crippen LogP contribution is 2.37. The highest BCUT2D eigenvalue weighted by molar-refractivity contribution is 7.92. The maximum atomic E-state index is 13.9. The SMILES string of the molecule is Cc1ccn2nc(C(CCO)Nc3ncnc4[nH]cc(-c5cc(O)cc(NS(C)(=O)=O)c5)c34)n(-c3ccccc3)c(=O)c12. The van der Waals surface area contributed by atoms with E-state index in [9.17, 15) is 23.4 Å². The number of benzene rings is 2. The number of anilines is 2. The van der Waals surface area contributed by atoms with E-state index < -0.39 is 16.1 Å². The van der Waals surface area contributed by atoms with Gasteiger partial charge in [-0.2, -0.15) is 5.10 Å². The number of rotatable bonds is 9. The molecule has 6 aromatic rings. The highest BCUT2D eigenvalue weighted by atomic mass is 32.2. The molecule has 4 aromatic heterocycles. The van der Waals surface area contributed by atoms with Crippen LogP contribution in [0, 0.1) is 6.92 Å². The normalized spacial score (nSPS) is 12.5. The second kappa shape index (κ2) is 10.9. The molecule has 0 spiro atoms. The third kappa shape index (κ3) is 5.40. The van der Waals surface area contributed by atoms with Gasteiger partial charge in [0.1, 0.15) is 29.1 Å². The molecule has 5 N–H and O–H groups in total. The van der Waals surface area contributed by atoms with Crippen LogP contribution < -0.4 is 15.6 Å². The molecule has 0 amide bonds. The molecule has 14 heteroatoms. The van der Waals surface area contributed by atoms with Crippen LogP contribution in [0.4, 0.5) is 11.5 Å². The van der Waals surface area contributed by atoms with Crippen LogP contribution >= 0.6 is 0 Å². The number of sulfonamides is 1. The third-order valence-electron chi connectivity index (χ3n) is 6.97. The zero-order valence-corrected chi connectivity index (χ0v) is 24.0. The number of aromatic amines is 1. The van der Waals surface area contributed by atoms with Gasteiger partial charge in [0, 0.05) is 30.6 Å². The average molecular weight is 601 g/mol. The van der Waals surface area contributed by atoms with Crippen LogP contribution in [-0.4, -0.2) is 60.6 Å². The molecule has 0 aliphatic heterocycles. The number of nitrogens with one attached hydrogen (secondary N) is 3. The first-order chi connectivity index (χ1) is 20.6. The Morgan fingerprint density at radius 2 is 1.88 bits per heavy atom. The van der Waals surface area contributed by atoms with E-state index in [4.69, 9.17) is 5.10 Å². The fourth-order valence-electron chi connectivity index (χ4n) is 5.18. The Kier molecular flexibility index (Phi) is 7.07. The number of phenols is 1. The predicted octanol–water partition coefficient (Wildman–Crippen LogP) is 3.34. The van der Waals surface area contributed by atoms with E-state index in [1.807, 2.05) is 43.3 Å². The van der Waals surface area contributed by atoms with Gasteiger partial charge in [-0.05, 0) is 54.8 Å². The standard InChI is InChI=1S/C29H28N8O5S/c1-17-8-10-36-25(17)29(40)37(20-6-4-3-5-7-20)28(34-36)23(9-11-38)33-27-24-22(15-30-26(24)31-16-32-27)18-12-19(14-21(39)13-18)35-43(2,41)42/h3-8,10,12-16,23,35,38-39H,9,11H2,1-2H3,(H2,30,31,32,33). The van der Waals surface area contributed by atoms with Gasteiger partial charge in [0.2, 0.25) is 10.0 Å². The van der Waals surface area contributed by atoms with Crippen LogP contribution in [0.1, 0.15) is 23.9 Å². The van der Waals surface area contributed by atoms with E-state index in [-0.39, 0.29) is 30.0 Å². The van der Waals surface area contributed by atoms with Crippen LogP contribution in [0.2, 0.25) is 0 Å². The summed E-state index contributed by atoms with van der Waals surface area (Å²) in [6, 6.07) is 14.7. The van der Waals surface area contributed by atoms with E-state index >= 15 is 0 Å². The molecule has 0 fully saturated rings. The molecule has 220 valence electrons. The maximum Gasteiger partial charge on any atom is 0.282 e.